The van der Waals surface area contributed by atoms with Crippen molar-refractivity contribution in [2.24, 2.45) is 0 Å². The molecule has 2 bridgehead atoms. The van der Waals surface area contributed by atoms with E-state index in [4.69, 9.17) is 9.47 Å². The molecule has 0 aromatic carbocycles. The van der Waals surface area contributed by atoms with Crippen molar-refractivity contribution < 1.29 is 35.8 Å². The first kappa shape index (κ1) is 29.5. The van der Waals surface area contributed by atoms with Gasteiger partial charge in [0.1, 0.15) is 0 Å². The van der Waals surface area contributed by atoms with E-state index in [9.17, 15) is 26.3 Å². The molecule has 0 aromatic rings. The summed E-state index contributed by atoms with van der Waals surface area (Å²) in [5.41, 5.74) is 0. The van der Waals surface area contributed by atoms with Crippen LogP contribution < -0.4 is 0 Å². The van der Waals surface area contributed by atoms with Gasteiger partial charge < -0.3 is 14.4 Å². The van der Waals surface area contributed by atoms with Crippen LogP contribution in [0, 0.1) is 0 Å². The third kappa shape index (κ3) is 14.0. The highest BCUT2D eigenvalue weighted by atomic mass is 19.4. The van der Waals surface area contributed by atoms with Crippen molar-refractivity contribution in [1.29, 1.82) is 0 Å². The summed E-state index contributed by atoms with van der Waals surface area (Å²) in [6.07, 6.45) is -8.64. The van der Waals surface area contributed by atoms with E-state index in [1.807, 2.05) is 0 Å². The molecule has 0 aliphatic carbocycles. The lowest BCUT2D eigenvalue weighted by molar-refractivity contribution is -0.147. The molecule has 0 saturated carbocycles. The second-order valence-electron chi connectivity index (χ2n) is 8.99. The molecule has 13 heteroatoms. The lowest BCUT2D eigenvalue weighted by Crippen LogP contribution is -2.47. The summed E-state index contributed by atoms with van der Waals surface area (Å²) in [5.74, 6) is 0. The zero-order valence-corrected chi connectivity index (χ0v) is 20.0. The molecule has 3 fully saturated rings. The summed E-state index contributed by atoms with van der Waals surface area (Å²) >= 11 is 0. The van der Waals surface area contributed by atoms with Gasteiger partial charge in [-0.25, -0.2) is 0 Å². The van der Waals surface area contributed by atoms with Gasteiger partial charge >= 0.3 is 12.4 Å². The van der Waals surface area contributed by atoms with Crippen molar-refractivity contribution in [2.75, 3.05) is 125 Å². The lowest BCUT2D eigenvalue weighted by atomic mass is 10.3. The average Bonchev–Trinajstić information content (AvgIpc) is 2.71. The van der Waals surface area contributed by atoms with E-state index in [1.165, 1.54) is 9.80 Å². The van der Waals surface area contributed by atoms with Crippen LogP contribution in [0.4, 0.5) is 26.3 Å². The molecule has 0 N–H and O–H groups in total. The lowest BCUT2D eigenvalue weighted by Gasteiger charge is -2.32. The summed E-state index contributed by atoms with van der Waals surface area (Å²) in [6, 6.07) is 0. The number of hydrogen-bond acceptors (Lipinski definition) is 7. The summed E-state index contributed by atoms with van der Waals surface area (Å²) < 4.78 is 90.2. The van der Waals surface area contributed by atoms with Gasteiger partial charge in [0.15, 0.2) is 0 Å². The van der Waals surface area contributed by atoms with Crippen LogP contribution in [-0.4, -0.2) is 162 Å². The highest BCUT2D eigenvalue weighted by Gasteiger charge is 2.32. The van der Waals surface area contributed by atoms with Crippen LogP contribution in [0.15, 0.2) is 0 Å². The Kier molecular flexibility index (Phi) is 12.8. The van der Waals surface area contributed by atoms with Gasteiger partial charge in [-0.15, -0.1) is 0 Å². The average molecular weight is 508 g/mol. The summed E-state index contributed by atoms with van der Waals surface area (Å²) in [4.78, 5) is 8.65. The van der Waals surface area contributed by atoms with Gasteiger partial charge in [-0.3, -0.25) is 19.6 Å². The van der Waals surface area contributed by atoms with Crippen molar-refractivity contribution in [2.45, 2.75) is 12.4 Å². The second kappa shape index (κ2) is 14.8. The maximum atomic E-state index is 13.1. The van der Waals surface area contributed by atoms with E-state index in [1.54, 1.807) is 11.9 Å². The molecule has 3 aliphatic rings. The zero-order valence-electron chi connectivity index (χ0n) is 20.0. The minimum Gasteiger partial charge on any atom is -0.379 e. The molecule has 202 valence electrons. The standard InChI is InChI=1S/C21H39F6N5O2/c1-28-2-4-31(18-20(22,23)24)8-6-29-10-14-33-16-12-30(13-17-34-15-11-29)7-9-32(5-3-28)19-21(25,26)27/h2-19H2,1H3. The molecule has 34 heavy (non-hydrogen) atoms. The van der Waals surface area contributed by atoms with E-state index in [-0.39, 0.29) is 26.2 Å². The van der Waals surface area contributed by atoms with E-state index < -0.39 is 25.4 Å². The number of fused-ring (bicyclic) bond motifs is 18. The number of hydrogen-bond donors (Lipinski definition) is 0. The Balaban J connectivity index is 2.12. The predicted octanol–water partition coefficient (Wildman–Crippen LogP) is 1.31. The molecule has 3 rings (SSSR count). The summed E-state index contributed by atoms with van der Waals surface area (Å²) in [7, 11) is 1.74. The number of rotatable bonds is 2. The van der Waals surface area contributed by atoms with Crippen LogP contribution >= 0.6 is 0 Å². The van der Waals surface area contributed by atoms with Gasteiger partial charge in [0.05, 0.1) is 39.5 Å². The Morgan fingerprint density at radius 1 is 0.500 bits per heavy atom. The molecule has 3 heterocycles. The van der Waals surface area contributed by atoms with E-state index in [2.05, 4.69) is 9.80 Å². The Morgan fingerprint density at radius 3 is 1.15 bits per heavy atom. The highest BCUT2D eigenvalue weighted by Crippen LogP contribution is 2.17. The van der Waals surface area contributed by atoms with Gasteiger partial charge in [0.2, 0.25) is 0 Å². The monoisotopic (exact) mass is 507 g/mol. The highest BCUT2D eigenvalue weighted by molar-refractivity contribution is 4.72. The maximum Gasteiger partial charge on any atom is 0.401 e. The summed E-state index contributed by atoms with van der Waals surface area (Å²) in [5, 5.41) is 0. The molecule has 0 radical (unpaired) electrons. The molecule has 0 atom stereocenters. The maximum absolute atomic E-state index is 13.1. The third-order valence-electron chi connectivity index (χ3n) is 6.07. The normalized spacial score (nSPS) is 28.0. The minimum atomic E-state index is -4.32. The molecule has 7 nitrogen and oxygen atoms in total. The molecule has 0 amide bonds. The van der Waals surface area contributed by atoms with Crippen molar-refractivity contribution in [3.05, 3.63) is 0 Å². The smallest absolute Gasteiger partial charge is 0.379 e. The van der Waals surface area contributed by atoms with Gasteiger partial charge in [-0.1, -0.05) is 0 Å². The molecule has 3 saturated heterocycles. The fraction of sp³-hybridized carbons (Fsp3) is 1.00. The Morgan fingerprint density at radius 2 is 0.824 bits per heavy atom. The zero-order chi connectivity index (χ0) is 25.0. The third-order valence-corrected chi connectivity index (χ3v) is 6.07. The van der Waals surface area contributed by atoms with Crippen LogP contribution in [0.1, 0.15) is 0 Å². The summed E-state index contributed by atoms with van der Waals surface area (Å²) in [6.45, 7) is 4.51. The van der Waals surface area contributed by atoms with Crippen LogP contribution in [0.5, 0.6) is 0 Å². The molecular weight excluding hydrogens is 468 g/mol. The SMILES string of the molecule is CN1CCN(CC(F)(F)F)CCN2CCOCCN(CCOCC2)CCN(CC(F)(F)F)CC1. The van der Waals surface area contributed by atoms with E-state index >= 15 is 0 Å². The van der Waals surface area contributed by atoms with Crippen molar-refractivity contribution in [3.8, 4) is 0 Å². The number of nitrogens with zero attached hydrogens (tertiary/aromatic N) is 5. The first-order chi connectivity index (χ1) is 16.0. The van der Waals surface area contributed by atoms with Crippen molar-refractivity contribution in [1.82, 2.24) is 24.5 Å². The van der Waals surface area contributed by atoms with Crippen molar-refractivity contribution >= 4 is 0 Å². The van der Waals surface area contributed by atoms with Gasteiger partial charge in [0, 0.05) is 78.5 Å². The molecular formula is C21H39F6N5O2. The largest absolute Gasteiger partial charge is 0.401 e. The first-order valence-electron chi connectivity index (χ1n) is 11.9. The van der Waals surface area contributed by atoms with Gasteiger partial charge in [-0.2, -0.15) is 26.3 Å². The van der Waals surface area contributed by atoms with E-state index in [0.29, 0.717) is 78.8 Å². The van der Waals surface area contributed by atoms with Gasteiger partial charge in [0.25, 0.3) is 0 Å². The minimum absolute atomic E-state index is 0.184. The molecule has 0 unspecified atom stereocenters. The Hall–Kier alpha value is -0.700. The predicted molar refractivity (Wildman–Crippen MR) is 117 cm³/mol. The Bertz CT molecular complexity index is 497. The number of likely N-dealkylation sites (N-methyl/N-ethyl adjacent to an activating group) is 1. The Labute approximate surface area is 198 Å². The molecule has 0 spiro atoms. The van der Waals surface area contributed by atoms with E-state index in [0.717, 1.165) is 0 Å². The van der Waals surface area contributed by atoms with Crippen LogP contribution in [-0.2, 0) is 9.47 Å². The number of halogens is 6. The quantitative estimate of drug-likeness (QED) is 0.412. The second-order valence-corrected chi connectivity index (χ2v) is 8.99. The number of alkyl halides is 6. The number of ether oxygens (including phenoxy) is 2. The van der Waals surface area contributed by atoms with Crippen LogP contribution in [0.2, 0.25) is 0 Å². The van der Waals surface area contributed by atoms with Gasteiger partial charge in [-0.05, 0) is 7.05 Å². The van der Waals surface area contributed by atoms with Crippen LogP contribution in [0.3, 0.4) is 0 Å². The molecule has 0 aromatic heterocycles. The fourth-order valence-corrected chi connectivity index (χ4v) is 4.00. The van der Waals surface area contributed by atoms with Crippen LogP contribution in [0.25, 0.3) is 0 Å². The molecule has 3 aliphatic heterocycles. The topological polar surface area (TPSA) is 34.7 Å². The van der Waals surface area contributed by atoms with Crippen molar-refractivity contribution in [3.63, 3.8) is 0 Å². The first-order valence-corrected chi connectivity index (χ1v) is 11.9. The fourth-order valence-electron chi connectivity index (χ4n) is 4.00.